The summed E-state index contributed by atoms with van der Waals surface area (Å²) in [5, 5.41) is 0.0690. The van der Waals surface area contributed by atoms with Crippen molar-refractivity contribution in [2.24, 2.45) is 0 Å². The summed E-state index contributed by atoms with van der Waals surface area (Å²) in [5.74, 6) is 0.313. The van der Waals surface area contributed by atoms with Gasteiger partial charge in [0.1, 0.15) is 17.4 Å². The maximum atomic E-state index is 13.4. The van der Waals surface area contributed by atoms with E-state index >= 15 is 0 Å². The van der Waals surface area contributed by atoms with Crippen molar-refractivity contribution in [3.8, 4) is 0 Å². The Labute approximate surface area is 241 Å². The van der Waals surface area contributed by atoms with Crippen LogP contribution in [0.1, 0.15) is 50.0 Å². The van der Waals surface area contributed by atoms with E-state index in [1.807, 2.05) is 110 Å². The number of fused-ring (bicyclic) bond motifs is 1. The van der Waals surface area contributed by atoms with Gasteiger partial charge in [-0.15, -0.1) is 0 Å². The molecule has 0 saturated heterocycles. The van der Waals surface area contributed by atoms with E-state index in [1.165, 1.54) is 11.8 Å². The maximum absolute atomic E-state index is 13.4. The van der Waals surface area contributed by atoms with Crippen molar-refractivity contribution in [1.29, 1.82) is 0 Å². The molecule has 0 aliphatic rings. The molecular weight excluding hydrogens is 542 g/mol. The number of para-hydroxylation sites is 2. The largest absolute Gasteiger partial charge is 0.459 e. The zero-order chi connectivity index (χ0) is 28.6. The van der Waals surface area contributed by atoms with Gasteiger partial charge in [-0.25, -0.2) is 18.1 Å². The van der Waals surface area contributed by atoms with Gasteiger partial charge < -0.3 is 9.30 Å². The van der Waals surface area contributed by atoms with E-state index in [0.29, 0.717) is 36.7 Å². The maximum Gasteiger partial charge on any atom is 0.326 e. The molecular formula is C31H37N3O4S2. The summed E-state index contributed by atoms with van der Waals surface area (Å²) >= 11 is 1.50. The number of carbonyl (C=O) groups excluding carboxylic acids is 1. The van der Waals surface area contributed by atoms with Gasteiger partial charge in [0.15, 0.2) is 5.16 Å². The average molecular weight is 580 g/mol. The molecule has 0 saturated carbocycles. The van der Waals surface area contributed by atoms with Gasteiger partial charge >= 0.3 is 5.97 Å². The molecule has 3 aromatic carbocycles. The SMILES string of the molecule is CC(C)(C)OC(=O)Cn1c(SCCCNS(=O)(=O)C(CCc2ccccc2)c2ccccc2)nc2ccccc21. The molecule has 1 aromatic heterocycles. The topological polar surface area (TPSA) is 90.3 Å². The van der Waals surface area contributed by atoms with Crippen LogP contribution in [-0.2, 0) is 32.5 Å². The molecule has 0 radical (unpaired) electrons. The second kappa shape index (κ2) is 13.5. The first-order valence-corrected chi connectivity index (χ1v) is 16.0. The smallest absolute Gasteiger partial charge is 0.326 e. The number of hydrogen-bond acceptors (Lipinski definition) is 6. The van der Waals surface area contributed by atoms with Crippen LogP contribution in [0, 0.1) is 0 Å². The summed E-state index contributed by atoms with van der Waals surface area (Å²) in [7, 11) is -3.59. The number of aromatic nitrogens is 2. The number of ether oxygens (including phenoxy) is 1. The molecule has 0 amide bonds. The van der Waals surface area contributed by atoms with Crippen LogP contribution in [0.2, 0.25) is 0 Å². The molecule has 0 spiro atoms. The highest BCUT2D eigenvalue weighted by molar-refractivity contribution is 7.99. The van der Waals surface area contributed by atoms with E-state index in [-0.39, 0.29) is 12.5 Å². The number of carbonyl (C=O) groups is 1. The van der Waals surface area contributed by atoms with Crippen molar-refractivity contribution in [2.75, 3.05) is 12.3 Å². The molecule has 0 bridgehead atoms. The predicted molar refractivity (Wildman–Crippen MR) is 162 cm³/mol. The van der Waals surface area contributed by atoms with E-state index in [9.17, 15) is 13.2 Å². The van der Waals surface area contributed by atoms with Crippen LogP contribution in [0.25, 0.3) is 11.0 Å². The van der Waals surface area contributed by atoms with E-state index < -0.39 is 20.9 Å². The minimum absolute atomic E-state index is 0.0624. The van der Waals surface area contributed by atoms with E-state index in [2.05, 4.69) is 4.72 Å². The zero-order valence-electron chi connectivity index (χ0n) is 23.2. The fraction of sp³-hybridized carbons (Fsp3) is 0.355. The van der Waals surface area contributed by atoms with Crippen molar-refractivity contribution in [3.63, 3.8) is 0 Å². The molecule has 4 rings (SSSR count). The van der Waals surface area contributed by atoms with Gasteiger partial charge in [-0.05, 0) is 63.3 Å². The Bertz CT molecular complexity index is 1500. The van der Waals surface area contributed by atoms with Crippen LogP contribution < -0.4 is 4.72 Å². The molecule has 40 heavy (non-hydrogen) atoms. The quantitative estimate of drug-likeness (QED) is 0.116. The summed E-state index contributed by atoms with van der Waals surface area (Å²) in [4.78, 5) is 17.3. The van der Waals surface area contributed by atoms with Crippen LogP contribution in [0.4, 0.5) is 0 Å². The number of nitrogens with zero attached hydrogens (tertiary/aromatic N) is 2. The molecule has 9 heteroatoms. The van der Waals surface area contributed by atoms with Gasteiger partial charge in [-0.3, -0.25) is 4.79 Å². The van der Waals surface area contributed by atoms with Crippen molar-refractivity contribution < 1.29 is 17.9 Å². The lowest BCUT2D eigenvalue weighted by atomic mass is 10.0. The Morgan fingerprint density at radius 3 is 2.33 bits per heavy atom. The lowest BCUT2D eigenvalue weighted by Crippen LogP contribution is -2.30. The molecule has 0 aliphatic carbocycles. The molecule has 1 atom stereocenters. The molecule has 4 aromatic rings. The lowest BCUT2D eigenvalue weighted by Gasteiger charge is -2.20. The van der Waals surface area contributed by atoms with Crippen LogP contribution in [0.15, 0.2) is 90.1 Å². The summed E-state index contributed by atoms with van der Waals surface area (Å²) in [6.45, 7) is 5.91. The summed E-state index contributed by atoms with van der Waals surface area (Å²) < 4.78 is 37.0. The number of esters is 1. The van der Waals surface area contributed by atoms with Gasteiger partial charge in [-0.2, -0.15) is 0 Å². The predicted octanol–water partition coefficient (Wildman–Crippen LogP) is 6.15. The zero-order valence-corrected chi connectivity index (χ0v) is 24.9. The Kier molecular flexibility index (Phi) is 10.1. The average Bonchev–Trinajstić information content (AvgIpc) is 3.25. The van der Waals surface area contributed by atoms with Crippen molar-refractivity contribution in [2.45, 2.75) is 62.6 Å². The molecule has 1 unspecified atom stereocenters. The summed E-state index contributed by atoms with van der Waals surface area (Å²) in [6.07, 6.45) is 1.78. The summed E-state index contributed by atoms with van der Waals surface area (Å²) in [6, 6.07) is 27.0. The third-order valence-corrected chi connectivity index (χ3v) is 9.19. The van der Waals surface area contributed by atoms with Crippen molar-refractivity contribution >= 4 is 38.8 Å². The third-order valence-electron chi connectivity index (χ3n) is 6.27. The number of hydrogen-bond donors (Lipinski definition) is 1. The second-order valence-corrected chi connectivity index (χ2v) is 13.6. The van der Waals surface area contributed by atoms with Gasteiger partial charge in [0.25, 0.3) is 0 Å². The first kappa shape index (κ1) is 29.8. The Hall–Kier alpha value is -3.14. The molecule has 1 N–H and O–H groups in total. The highest BCUT2D eigenvalue weighted by atomic mass is 32.2. The molecule has 7 nitrogen and oxygen atoms in total. The number of thioether (sulfide) groups is 1. The minimum atomic E-state index is -3.59. The van der Waals surface area contributed by atoms with Crippen molar-refractivity contribution in [1.82, 2.24) is 14.3 Å². The first-order valence-electron chi connectivity index (χ1n) is 13.5. The standard InChI is InChI=1S/C31H37N3O4S2/c1-31(2,3)38-29(35)23-34-27-18-11-10-17-26(27)33-30(34)39-22-12-21-32-40(36,37)28(25-15-8-5-9-16-25)20-19-24-13-6-4-7-14-24/h4-11,13-18,28,32H,12,19-23H2,1-3H3. The van der Waals surface area contributed by atoms with Crippen LogP contribution in [-0.4, -0.2) is 41.8 Å². The number of imidazole rings is 1. The van der Waals surface area contributed by atoms with Crippen molar-refractivity contribution in [3.05, 3.63) is 96.1 Å². The van der Waals surface area contributed by atoms with Crippen LogP contribution in [0.5, 0.6) is 0 Å². The normalized spacial score (nSPS) is 12.9. The van der Waals surface area contributed by atoms with Gasteiger partial charge in [0, 0.05) is 12.3 Å². The molecule has 0 aliphatic heterocycles. The minimum Gasteiger partial charge on any atom is -0.459 e. The fourth-order valence-electron chi connectivity index (χ4n) is 4.48. The highest BCUT2D eigenvalue weighted by Crippen LogP contribution is 2.28. The first-order chi connectivity index (χ1) is 19.1. The molecule has 212 valence electrons. The number of benzene rings is 3. The Balaban J connectivity index is 1.37. The third kappa shape index (κ3) is 8.43. The molecule has 1 heterocycles. The van der Waals surface area contributed by atoms with Crippen LogP contribution >= 0.6 is 11.8 Å². The van der Waals surface area contributed by atoms with Gasteiger partial charge in [0.2, 0.25) is 10.0 Å². The number of sulfonamides is 1. The fourth-order valence-corrected chi connectivity index (χ4v) is 7.01. The Morgan fingerprint density at radius 1 is 0.975 bits per heavy atom. The number of aryl methyl sites for hydroxylation is 1. The van der Waals surface area contributed by atoms with E-state index in [0.717, 1.165) is 22.2 Å². The van der Waals surface area contributed by atoms with Crippen LogP contribution in [0.3, 0.4) is 0 Å². The lowest BCUT2D eigenvalue weighted by molar-refractivity contribution is -0.155. The Morgan fingerprint density at radius 2 is 1.62 bits per heavy atom. The highest BCUT2D eigenvalue weighted by Gasteiger charge is 2.26. The summed E-state index contributed by atoms with van der Waals surface area (Å²) in [5.41, 5.74) is 3.00. The van der Waals surface area contributed by atoms with E-state index in [1.54, 1.807) is 0 Å². The number of rotatable bonds is 13. The van der Waals surface area contributed by atoms with Gasteiger partial charge in [-0.1, -0.05) is 84.6 Å². The monoisotopic (exact) mass is 579 g/mol. The van der Waals surface area contributed by atoms with E-state index in [4.69, 9.17) is 9.72 Å². The van der Waals surface area contributed by atoms with Gasteiger partial charge in [0.05, 0.1) is 11.0 Å². The molecule has 0 fully saturated rings. The number of nitrogens with one attached hydrogen (secondary N) is 1. The second-order valence-electron chi connectivity index (χ2n) is 10.6.